The van der Waals surface area contributed by atoms with Gasteiger partial charge in [0.15, 0.2) is 0 Å². The molecule has 0 spiro atoms. The van der Waals surface area contributed by atoms with E-state index in [1.54, 1.807) is 19.2 Å². The summed E-state index contributed by atoms with van der Waals surface area (Å²) in [7, 11) is 1.79. The normalized spacial score (nSPS) is 10.4. The lowest BCUT2D eigenvalue weighted by molar-refractivity contribution is 0.0935. The zero-order valence-corrected chi connectivity index (χ0v) is 11.3. The summed E-state index contributed by atoms with van der Waals surface area (Å²) in [6.45, 7) is 4.12. The standard InChI is InChI=1S/C13H19ClN2O/c1-4-10(5-2)16-13(17)11-8-9(14)6-7-12(11)15-3/h6-8,10,15H,4-5H2,1-3H3,(H,16,17). The smallest absolute Gasteiger partial charge is 0.253 e. The van der Waals surface area contributed by atoms with Crippen molar-refractivity contribution in [1.29, 1.82) is 0 Å². The third kappa shape index (κ3) is 3.63. The van der Waals surface area contributed by atoms with Crippen LogP contribution >= 0.6 is 11.6 Å². The SMILES string of the molecule is CCC(CC)NC(=O)c1cc(Cl)ccc1NC. The number of benzene rings is 1. The van der Waals surface area contributed by atoms with E-state index in [1.165, 1.54) is 0 Å². The molecule has 0 bridgehead atoms. The van der Waals surface area contributed by atoms with Gasteiger partial charge in [-0.05, 0) is 31.0 Å². The second-order valence-corrected chi connectivity index (χ2v) is 4.36. The molecule has 0 aliphatic heterocycles. The van der Waals surface area contributed by atoms with Crippen molar-refractivity contribution in [1.82, 2.24) is 5.32 Å². The quantitative estimate of drug-likeness (QED) is 0.847. The highest BCUT2D eigenvalue weighted by Gasteiger charge is 2.14. The van der Waals surface area contributed by atoms with E-state index in [-0.39, 0.29) is 11.9 Å². The molecule has 0 unspecified atom stereocenters. The molecule has 4 heteroatoms. The molecule has 2 N–H and O–H groups in total. The number of rotatable bonds is 5. The van der Waals surface area contributed by atoms with E-state index in [0.717, 1.165) is 18.5 Å². The monoisotopic (exact) mass is 254 g/mol. The Morgan fingerprint density at radius 3 is 2.53 bits per heavy atom. The van der Waals surface area contributed by atoms with Crippen LogP contribution in [0.2, 0.25) is 5.02 Å². The first-order valence-electron chi connectivity index (χ1n) is 5.90. The van der Waals surface area contributed by atoms with Crippen LogP contribution in [0.15, 0.2) is 18.2 Å². The van der Waals surface area contributed by atoms with Crippen LogP contribution < -0.4 is 10.6 Å². The summed E-state index contributed by atoms with van der Waals surface area (Å²) in [6, 6.07) is 5.47. The number of carbonyl (C=O) groups is 1. The lowest BCUT2D eigenvalue weighted by Crippen LogP contribution is -2.34. The highest BCUT2D eigenvalue weighted by Crippen LogP contribution is 2.20. The number of carbonyl (C=O) groups excluding carboxylic acids is 1. The molecule has 0 aliphatic rings. The van der Waals surface area contributed by atoms with Gasteiger partial charge in [-0.15, -0.1) is 0 Å². The van der Waals surface area contributed by atoms with Crippen LogP contribution in [0, 0.1) is 0 Å². The zero-order valence-electron chi connectivity index (χ0n) is 10.5. The molecule has 0 aliphatic carbocycles. The number of anilines is 1. The molecule has 0 heterocycles. The van der Waals surface area contributed by atoms with Gasteiger partial charge in [-0.2, -0.15) is 0 Å². The van der Waals surface area contributed by atoms with Crippen LogP contribution in [-0.2, 0) is 0 Å². The van der Waals surface area contributed by atoms with Gasteiger partial charge in [0.1, 0.15) is 0 Å². The van der Waals surface area contributed by atoms with Gasteiger partial charge < -0.3 is 10.6 Å². The van der Waals surface area contributed by atoms with Gasteiger partial charge in [-0.1, -0.05) is 25.4 Å². The first kappa shape index (κ1) is 13.8. The lowest BCUT2D eigenvalue weighted by atomic mass is 10.1. The van der Waals surface area contributed by atoms with Crippen LogP contribution in [0.1, 0.15) is 37.0 Å². The van der Waals surface area contributed by atoms with Crippen molar-refractivity contribution >= 4 is 23.2 Å². The van der Waals surface area contributed by atoms with E-state index in [4.69, 9.17) is 11.6 Å². The van der Waals surface area contributed by atoms with Gasteiger partial charge in [0, 0.05) is 23.8 Å². The van der Waals surface area contributed by atoms with Gasteiger partial charge in [-0.25, -0.2) is 0 Å². The Balaban J connectivity index is 2.90. The third-order valence-corrected chi connectivity index (χ3v) is 3.05. The number of nitrogens with one attached hydrogen (secondary N) is 2. The van der Waals surface area contributed by atoms with Gasteiger partial charge in [-0.3, -0.25) is 4.79 Å². The molecule has 0 atom stereocenters. The topological polar surface area (TPSA) is 41.1 Å². The second kappa shape index (κ2) is 6.50. The second-order valence-electron chi connectivity index (χ2n) is 3.93. The van der Waals surface area contributed by atoms with Crippen molar-refractivity contribution in [3.63, 3.8) is 0 Å². The maximum absolute atomic E-state index is 12.1. The number of amides is 1. The van der Waals surface area contributed by atoms with Crippen LogP contribution in [0.3, 0.4) is 0 Å². The summed E-state index contributed by atoms with van der Waals surface area (Å²) < 4.78 is 0. The first-order valence-corrected chi connectivity index (χ1v) is 6.28. The van der Waals surface area contributed by atoms with E-state index in [2.05, 4.69) is 24.5 Å². The zero-order chi connectivity index (χ0) is 12.8. The summed E-state index contributed by atoms with van der Waals surface area (Å²) >= 11 is 5.91. The van der Waals surface area contributed by atoms with Crippen molar-refractivity contribution in [3.05, 3.63) is 28.8 Å². The van der Waals surface area contributed by atoms with Crippen LogP contribution in [0.4, 0.5) is 5.69 Å². The predicted octanol–water partition coefficient (Wildman–Crippen LogP) is 3.30. The summed E-state index contributed by atoms with van der Waals surface area (Å²) in [5.41, 5.74) is 1.38. The minimum Gasteiger partial charge on any atom is -0.387 e. The molecule has 0 fully saturated rings. The Morgan fingerprint density at radius 1 is 1.35 bits per heavy atom. The van der Waals surface area contributed by atoms with Crippen molar-refractivity contribution in [3.8, 4) is 0 Å². The third-order valence-electron chi connectivity index (χ3n) is 2.82. The van der Waals surface area contributed by atoms with E-state index in [9.17, 15) is 4.79 Å². The average molecular weight is 255 g/mol. The molecule has 1 amide bonds. The van der Waals surface area contributed by atoms with E-state index in [1.807, 2.05) is 6.07 Å². The minimum atomic E-state index is -0.0782. The Morgan fingerprint density at radius 2 is 2.00 bits per heavy atom. The maximum Gasteiger partial charge on any atom is 0.253 e. The fourth-order valence-corrected chi connectivity index (χ4v) is 1.85. The molecular weight excluding hydrogens is 236 g/mol. The van der Waals surface area contributed by atoms with E-state index in [0.29, 0.717) is 10.6 Å². The minimum absolute atomic E-state index is 0.0782. The first-order chi connectivity index (χ1) is 8.12. The molecule has 0 saturated carbocycles. The lowest BCUT2D eigenvalue weighted by Gasteiger charge is -2.16. The molecule has 17 heavy (non-hydrogen) atoms. The average Bonchev–Trinajstić information content (AvgIpc) is 2.35. The molecule has 1 rings (SSSR count). The molecule has 3 nitrogen and oxygen atoms in total. The largest absolute Gasteiger partial charge is 0.387 e. The highest BCUT2D eigenvalue weighted by atomic mass is 35.5. The van der Waals surface area contributed by atoms with Crippen LogP contribution in [0.25, 0.3) is 0 Å². The molecule has 0 aromatic heterocycles. The van der Waals surface area contributed by atoms with Crippen LogP contribution in [0.5, 0.6) is 0 Å². The Labute approximate surface area is 108 Å². The summed E-state index contributed by atoms with van der Waals surface area (Å²) in [5, 5.41) is 6.56. The van der Waals surface area contributed by atoms with Gasteiger partial charge in [0.2, 0.25) is 0 Å². The van der Waals surface area contributed by atoms with Gasteiger partial charge in [0.25, 0.3) is 5.91 Å². The Hall–Kier alpha value is -1.22. The van der Waals surface area contributed by atoms with Crippen molar-refractivity contribution < 1.29 is 4.79 Å². The van der Waals surface area contributed by atoms with Gasteiger partial charge >= 0.3 is 0 Å². The molecule has 1 aromatic rings. The highest BCUT2D eigenvalue weighted by molar-refractivity contribution is 6.31. The van der Waals surface area contributed by atoms with Crippen molar-refractivity contribution in [2.75, 3.05) is 12.4 Å². The Kier molecular flexibility index (Phi) is 5.29. The fraction of sp³-hybridized carbons (Fsp3) is 0.462. The molecule has 1 aromatic carbocycles. The van der Waals surface area contributed by atoms with E-state index >= 15 is 0 Å². The number of hydrogen-bond acceptors (Lipinski definition) is 2. The van der Waals surface area contributed by atoms with Crippen molar-refractivity contribution in [2.45, 2.75) is 32.7 Å². The summed E-state index contributed by atoms with van der Waals surface area (Å²) in [4.78, 5) is 12.1. The maximum atomic E-state index is 12.1. The Bertz CT molecular complexity index is 389. The number of halogens is 1. The summed E-state index contributed by atoms with van der Waals surface area (Å²) in [6.07, 6.45) is 1.86. The molecule has 94 valence electrons. The predicted molar refractivity (Wildman–Crippen MR) is 72.8 cm³/mol. The van der Waals surface area contributed by atoms with E-state index < -0.39 is 0 Å². The van der Waals surface area contributed by atoms with Crippen LogP contribution in [-0.4, -0.2) is 19.0 Å². The molecular formula is C13H19ClN2O. The van der Waals surface area contributed by atoms with Crippen molar-refractivity contribution in [2.24, 2.45) is 0 Å². The molecule has 0 radical (unpaired) electrons. The number of hydrogen-bond donors (Lipinski definition) is 2. The molecule has 0 saturated heterocycles. The summed E-state index contributed by atoms with van der Waals surface area (Å²) in [5.74, 6) is -0.0782. The fourth-order valence-electron chi connectivity index (χ4n) is 1.68. The van der Waals surface area contributed by atoms with Gasteiger partial charge in [0.05, 0.1) is 5.56 Å².